The molecular weight excluding hydrogens is 264 g/mol. The summed E-state index contributed by atoms with van der Waals surface area (Å²) in [4.78, 5) is 25.8. The fourth-order valence-corrected chi connectivity index (χ4v) is 4.28. The summed E-state index contributed by atoms with van der Waals surface area (Å²) in [5.74, 6) is 0.679. The van der Waals surface area contributed by atoms with Crippen LogP contribution in [0, 0.1) is 0 Å². The van der Waals surface area contributed by atoms with Gasteiger partial charge in [-0.25, -0.2) is 0 Å². The maximum absolute atomic E-state index is 12.3. The van der Waals surface area contributed by atoms with Crippen molar-refractivity contribution in [1.29, 1.82) is 0 Å². The first-order chi connectivity index (χ1) is 9.01. The number of hydrogen-bond acceptors (Lipinski definition) is 4. The van der Waals surface area contributed by atoms with E-state index in [-0.39, 0.29) is 35.4 Å². The van der Waals surface area contributed by atoms with Crippen molar-refractivity contribution < 1.29 is 14.7 Å². The van der Waals surface area contributed by atoms with Crippen molar-refractivity contribution in [3.63, 3.8) is 0 Å². The summed E-state index contributed by atoms with van der Waals surface area (Å²) >= 11 is 1.70. The van der Waals surface area contributed by atoms with Gasteiger partial charge in [-0.05, 0) is 26.2 Å². The number of amides is 2. The topological polar surface area (TPSA) is 69.6 Å². The van der Waals surface area contributed by atoms with Crippen molar-refractivity contribution in [1.82, 2.24) is 10.2 Å². The van der Waals surface area contributed by atoms with Crippen LogP contribution in [0.3, 0.4) is 0 Å². The summed E-state index contributed by atoms with van der Waals surface area (Å²) in [5.41, 5.74) is 0. The quantitative estimate of drug-likeness (QED) is 0.781. The number of aliphatic hydroxyl groups excluding tert-OH is 1. The molecule has 0 radical (unpaired) electrons. The Morgan fingerprint density at radius 2 is 2.42 bits per heavy atom. The minimum Gasteiger partial charge on any atom is -0.396 e. The molecule has 0 bridgehead atoms. The van der Waals surface area contributed by atoms with Gasteiger partial charge in [0.25, 0.3) is 0 Å². The zero-order valence-electron chi connectivity index (χ0n) is 11.5. The van der Waals surface area contributed by atoms with Gasteiger partial charge in [-0.2, -0.15) is 0 Å². The second-order valence-electron chi connectivity index (χ2n) is 5.39. The Morgan fingerprint density at radius 3 is 3.05 bits per heavy atom. The van der Waals surface area contributed by atoms with Crippen molar-refractivity contribution in [3.8, 4) is 0 Å². The standard InChI is InChI=1S/C13H22N2O3S/c1-3-9(5-7-16)14-12(18)10-8-19-13(2)6-4-11(17)15(10)13/h9-10,16H,3-8H2,1-2H3,(H,14,18). The van der Waals surface area contributed by atoms with Gasteiger partial charge in [0.1, 0.15) is 6.04 Å². The van der Waals surface area contributed by atoms with Crippen molar-refractivity contribution in [2.45, 2.75) is 56.5 Å². The molecule has 0 saturated carbocycles. The number of aliphatic hydroxyl groups is 1. The van der Waals surface area contributed by atoms with Crippen molar-refractivity contribution >= 4 is 23.6 Å². The number of carbonyl (C=O) groups is 2. The van der Waals surface area contributed by atoms with Crippen molar-refractivity contribution in [2.24, 2.45) is 0 Å². The zero-order valence-corrected chi connectivity index (χ0v) is 12.3. The zero-order chi connectivity index (χ0) is 14.0. The van der Waals surface area contributed by atoms with Gasteiger partial charge in [-0.15, -0.1) is 11.8 Å². The Balaban J connectivity index is 2.02. The first-order valence-corrected chi connectivity index (χ1v) is 7.87. The Labute approximate surface area is 118 Å². The summed E-state index contributed by atoms with van der Waals surface area (Å²) in [7, 11) is 0. The maximum atomic E-state index is 12.3. The van der Waals surface area contributed by atoms with Gasteiger partial charge in [0.15, 0.2) is 0 Å². The van der Waals surface area contributed by atoms with Gasteiger partial charge in [-0.1, -0.05) is 6.92 Å². The molecule has 0 aromatic rings. The third-order valence-electron chi connectivity index (χ3n) is 4.06. The van der Waals surface area contributed by atoms with Crippen LogP contribution in [0.5, 0.6) is 0 Å². The van der Waals surface area contributed by atoms with Crippen LogP contribution in [0.25, 0.3) is 0 Å². The molecule has 19 heavy (non-hydrogen) atoms. The van der Waals surface area contributed by atoms with Crippen LogP contribution in [0.1, 0.15) is 39.5 Å². The Bertz CT molecular complexity index is 377. The van der Waals surface area contributed by atoms with Crippen LogP contribution in [0.4, 0.5) is 0 Å². The molecule has 108 valence electrons. The maximum Gasteiger partial charge on any atom is 0.243 e. The van der Waals surface area contributed by atoms with Gasteiger partial charge >= 0.3 is 0 Å². The van der Waals surface area contributed by atoms with Crippen LogP contribution < -0.4 is 5.32 Å². The lowest BCUT2D eigenvalue weighted by molar-refractivity contribution is -0.138. The van der Waals surface area contributed by atoms with Gasteiger partial charge in [0.2, 0.25) is 11.8 Å². The number of nitrogens with zero attached hydrogens (tertiary/aromatic N) is 1. The minimum absolute atomic E-state index is 0.00735. The summed E-state index contributed by atoms with van der Waals surface area (Å²) in [5, 5.41) is 11.9. The second-order valence-corrected chi connectivity index (χ2v) is 6.89. The first kappa shape index (κ1) is 14.7. The number of fused-ring (bicyclic) bond motifs is 1. The molecule has 3 atom stereocenters. The fraction of sp³-hybridized carbons (Fsp3) is 0.846. The summed E-state index contributed by atoms with van der Waals surface area (Å²) < 4.78 is 0. The lowest BCUT2D eigenvalue weighted by atomic mass is 10.1. The van der Waals surface area contributed by atoms with E-state index in [0.717, 1.165) is 12.8 Å². The molecule has 2 heterocycles. The molecule has 0 aromatic carbocycles. The molecule has 2 amide bonds. The van der Waals surface area contributed by atoms with E-state index >= 15 is 0 Å². The van der Waals surface area contributed by atoms with E-state index in [1.54, 1.807) is 16.7 Å². The molecule has 2 aliphatic heterocycles. The SMILES string of the molecule is CCC(CCO)NC(=O)C1CSC2(C)CCC(=O)N12. The lowest BCUT2D eigenvalue weighted by Gasteiger charge is -2.30. The van der Waals surface area contributed by atoms with E-state index < -0.39 is 0 Å². The predicted octanol–water partition coefficient (Wildman–Crippen LogP) is 0.718. The van der Waals surface area contributed by atoms with E-state index in [9.17, 15) is 9.59 Å². The third-order valence-corrected chi connectivity index (χ3v) is 5.57. The number of hydrogen-bond donors (Lipinski definition) is 2. The molecule has 2 saturated heterocycles. The Hall–Kier alpha value is -0.750. The lowest BCUT2D eigenvalue weighted by Crippen LogP contribution is -2.52. The highest BCUT2D eigenvalue weighted by Crippen LogP contribution is 2.47. The molecule has 2 N–H and O–H groups in total. The summed E-state index contributed by atoms with van der Waals surface area (Å²) in [6.07, 6.45) is 2.72. The highest BCUT2D eigenvalue weighted by atomic mass is 32.2. The Kier molecular flexibility index (Phi) is 4.40. The van der Waals surface area contributed by atoms with Gasteiger partial charge in [-0.3, -0.25) is 9.59 Å². The van der Waals surface area contributed by atoms with Crippen LogP contribution in [0.15, 0.2) is 0 Å². The molecule has 0 aromatic heterocycles. The molecule has 6 heteroatoms. The molecule has 2 rings (SSSR count). The van der Waals surface area contributed by atoms with Crippen LogP contribution in [0.2, 0.25) is 0 Å². The summed E-state index contributed by atoms with van der Waals surface area (Å²) in [6, 6.07) is -0.357. The number of thioether (sulfide) groups is 1. The van der Waals surface area contributed by atoms with Gasteiger partial charge < -0.3 is 15.3 Å². The van der Waals surface area contributed by atoms with Crippen LogP contribution >= 0.6 is 11.8 Å². The van der Waals surface area contributed by atoms with Gasteiger partial charge in [0, 0.05) is 24.8 Å². The molecule has 0 spiro atoms. The Morgan fingerprint density at radius 1 is 1.68 bits per heavy atom. The molecule has 0 aliphatic carbocycles. The average molecular weight is 286 g/mol. The van der Waals surface area contributed by atoms with E-state index in [1.807, 2.05) is 13.8 Å². The van der Waals surface area contributed by atoms with E-state index in [1.165, 1.54) is 0 Å². The highest BCUT2D eigenvalue weighted by Gasteiger charge is 2.52. The van der Waals surface area contributed by atoms with E-state index in [0.29, 0.717) is 18.6 Å². The normalized spacial score (nSPS) is 31.4. The molecule has 3 unspecified atom stereocenters. The highest BCUT2D eigenvalue weighted by molar-refractivity contribution is 8.01. The number of nitrogens with one attached hydrogen (secondary N) is 1. The number of rotatable bonds is 5. The second kappa shape index (κ2) is 5.71. The van der Waals surface area contributed by atoms with E-state index in [2.05, 4.69) is 5.32 Å². The van der Waals surface area contributed by atoms with E-state index in [4.69, 9.17) is 5.11 Å². The first-order valence-electron chi connectivity index (χ1n) is 6.89. The molecule has 5 nitrogen and oxygen atoms in total. The van der Waals surface area contributed by atoms with Crippen molar-refractivity contribution in [2.75, 3.05) is 12.4 Å². The van der Waals surface area contributed by atoms with Crippen LogP contribution in [-0.2, 0) is 9.59 Å². The van der Waals surface area contributed by atoms with Gasteiger partial charge in [0.05, 0.1) is 4.87 Å². The average Bonchev–Trinajstić information content (AvgIpc) is 2.86. The number of carbonyl (C=O) groups excluding carboxylic acids is 2. The minimum atomic E-state index is -0.349. The largest absolute Gasteiger partial charge is 0.396 e. The molecule has 2 fully saturated rings. The molecule has 2 aliphatic rings. The summed E-state index contributed by atoms with van der Waals surface area (Å²) in [6.45, 7) is 4.09. The predicted molar refractivity (Wildman–Crippen MR) is 74.7 cm³/mol. The van der Waals surface area contributed by atoms with Crippen LogP contribution in [-0.4, -0.2) is 51.1 Å². The monoisotopic (exact) mass is 286 g/mol. The molecular formula is C13H22N2O3S. The fourth-order valence-electron chi connectivity index (χ4n) is 2.85. The third kappa shape index (κ3) is 2.74. The van der Waals surface area contributed by atoms with Crippen molar-refractivity contribution in [3.05, 3.63) is 0 Å². The smallest absolute Gasteiger partial charge is 0.243 e.